The van der Waals surface area contributed by atoms with Crippen LogP contribution in [-0.2, 0) is 14.3 Å². The average molecular weight is 334 g/mol. The summed E-state index contributed by atoms with van der Waals surface area (Å²) in [5.41, 5.74) is 0.615. The summed E-state index contributed by atoms with van der Waals surface area (Å²) in [6, 6.07) is 7.35. The van der Waals surface area contributed by atoms with Gasteiger partial charge in [-0.05, 0) is 36.6 Å². The Bertz CT molecular complexity index is 616. The molecule has 1 aromatic rings. The lowest BCUT2D eigenvalue weighted by Crippen LogP contribution is -2.50. The standard InChI is InChI=1S/C18H20ClNO3/c19-15-4-1-14(2-5-15)3-6-17(22)20-10-8-18(9-11-20)13-16(21)7-12-23-18/h1-6H,7-13H2/b6-3+. The second-order valence-corrected chi connectivity index (χ2v) is 6.64. The second-order valence-electron chi connectivity index (χ2n) is 6.21. The smallest absolute Gasteiger partial charge is 0.246 e. The van der Waals surface area contributed by atoms with Gasteiger partial charge in [0.15, 0.2) is 0 Å². The summed E-state index contributed by atoms with van der Waals surface area (Å²) >= 11 is 5.84. The molecule has 23 heavy (non-hydrogen) atoms. The first-order valence-electron chi connectivity index (χ1n) is 7.95. The maximum atomic E-state index is 12.3. The van der Waals surface area contributed by atoms with E-state index in [0.29, 0.717) is 37.6 Å². The molecule has 2 heterocycles. The van der Waals surface area contributed by atoms with Crippen molar-refractivity contribution < 1.29 is 14.3 Å². The fourth-order valence-corrected chi connectivity index (χ4v) is 3.31. The minimum atomic E-state index is -0.327. The highest BCUT2D eigenvalue weighted by molar-refractivity contribution is 6.30. The molecule has 1 spiro atoms. The molecule has 0 radical (unpaired) electrons. The molecule has 2 aliphatic heterocycles. The molecule has 0 unspecified atom stereocenters. The summed E-state index contributed by atoms with van der Waals surface area (Å²) in [5.74, 6) is 0.274. The summed E-state index contributed by atoms with van der Waals surface area (Å²) < 4.78 is 5.86. The quantitative estimate of drug-likeness (QED) is 0.781. The van der Waals surface area contributed by atoms with E-state index in [2.05, 4.69) is 0 Å². The number of hydrogen-bond donors (Lipinski definition) is 0. The Morgan fingerprint density at radius 2 is 1.91 bits per heavy atom. The number of carbonyl (C=O) groups excluding carboxylic acids is 2. The van der Waals surface area contributed by atoms with Gasteiger partial charge in [0.2, 0.25) is 5.91 Å². The molecule has 122 valence electrons. The lowest BCUT2D eigenvalue weighted by atomic mass is 9.84. The van der Waals surface area contributed by atoms with Gasteiger partial charge in [0.25, 0.3) is 0 Å². The van der Waals surface area contributed by atoms with Crippen LogP contribution >= 0.6 is 11.6 Å². The molecule has 1 aromatic carbocycles. The van der Waals surface area contributed by atoms with Crippen LogP contribution in [0.2, 0.25) is 5.02 Å². The van der Waals surface area contributed by atoms with Gasteiger partial charge in [-0.25, -0.2) is 0 Å². The van der Waals surface area contributed by atoms with Crippen molar-refractivity contribution in [1.29, 1.82) is 0 Å². The fraction of sp³-hybridized carbons (Fsp3) is 0.444. The largest absolute Gasteiger partial charge is 0.374 e. The van der Waals surface area contributed by atoms with Crippen LogP contribution in [0.3, 0.4) is 0 Å². The van der Waals surface area contributed by atoms with E-state index in [1.807, 2.05) is 17.0 Å². The van der Waals surface area contributed by atoms with Gasteiger partial charge in [0.05, 0.1) is 12.2 Å². The number of ketones is 1. The van der Waals surface area contributed by atoms with E-state index in [0.717, 1.165) is 18.4 Å². The fourth-order valence-electron chi connectivity index (χ4n) is 3.18. The monoisotopic (exact) mass is 333 g/mol. The van der Waals surface area contributed by atoms with E-state index in [1.54, 1.807) is 24.3 Å². The van der Waals surface area contributed by atoms with Crippen molar-refractivity contribution in [3.05, 3.63) is 40.9 Å². The van der Waals surface area contributed by atoms with E-state index < -0.39 is 0 Å². The van der Waals surface area contributed by atoms with Crippen molar-refractivity contribution in [2.45, 2.75) is 31.3 Å². The SMILES string of the molecule is O=C1CCOC2(CCN(C(=O)/C=C/c3ccc(Cl)cc3)CC2)C1. The predicted molar refractivity (Wildman–Crippen MR) is 89.2 cm³/mol. The Morgan fingerprint density at radius 1 is 1.22 bits per heavy atom. The maximum absolute atomic E-state index is 12.3. The van der Waals surface area contributed by atoms with Gasteiger partial charge in [0.1, 0.15) is 5.78 Å². The number of hydrogen-bond acceptors (Lipinski definition) is 3. The predicted octanol–water partition coefficient (Wildman–Crippen LogP) is 3.09. The number of amides is 1. The molecule has 0 saturated carbocycles. The molecule has 0 atom stereocenters. The minimum Gasteiger partial charge on any atom is -0.374 e. The Labute approximate surface area is 141 Å². The summed E-state index contributed by atoms with van der Waals surface area (Å²) in [6.07, 6.45) is 5.88. The van der Waals surface area contributed by atoms with E-state index in [4.69, 9.17) is 16.3 Å². The molecule has 2 fully saturated rings. The molecule has 4 nitrogen and oxygen atoms in total. The first-order valence-corrected chi connectivity index (χ1v) is 8.32. The highest BCUT2D eigenvalue weighted by atomic mass is 35.5. The maximum Gasteiger partial charge on any atom is 0.246 e. The third-order valence-corrected chi connectivity index (χ3v) is 4.84. The van der Waals surface area contributed by atoms with E-state index in [-0.39, 0.29) is 17.3 Å². The first-order chi connectivity index (χ1) is 11.1. The first kappa shape index (κ1) is 16.2. The van der Waals surface area contributed by atoms with Crippen molar-refractivity contribution >= 4 is 29.4 Å². The molecule has 0 bridgehead atoms. The summed E-state index contributed by atoms with van der Waals surface area (Å²) in [7, 11) is 0. The normalized spacial score (nSPS) is 21.1. The van der Waals surface area contributed by atoms with Crippen molar-refractivity contribution in [2.75, 3.05) is 19.7 Å². The summed E-state index contributed by atoms with van der Waals surface area (Å²) in [6.45, 7) is 1.79. The van der Waals surface area contributed by atoms with Crippen LogP contribution in [0.5, 0.6) is 0 Å². The molecular weight excluding hydrogens is 314 g/mol. The highest BCUT2D eigenvalue weighted by Crippen LogP contribution is 2.33. The van der Waals surface area contributed by atoms with Crippen LogP contribution in [-0.4, -0.2) is 41.9 Å². The van der Waals surface area contributed by atoms with Crippen LogP contribution in [0.15, 0.2) is 30.3 Å². The molecule has 3 rings (SSSR count). The Hall–Kier alpha value is -1.65. The minimum absolute atomic E-state index is 0.00284. The van der Waals surface area contributed by atoms with Gasteiger partial charge in [-0.15, -0.1) is 0 Å². The van der Waals surface area contributed by atoms with Crippen molar-refractivity contribution in [3.8, 4) is 0 Å². The van der Waals surface area contributed by atoms with Crippen molar-refractivity contribution in [3.63, 3.8) is 0 Å². The van der Waals surface area contributed by atoms with Gasteiger partial charge in [-0.1, -0.05) is 23.7 Å². The highest BCUT2D eigenvalue weighted by Gasteiger charge is 2.40. The number of carbonyl (C=O) groups is 2. The van der Waals surface area contributed by atoms with Crippen molar-refractivity contribution in [2.24, 2.45) is 0 Å². The molecule has 2 aliphatic rings. The molecule has 0 aliphatic carbocycles. The van der Waals surface area contributed by atoms with Crippen LogP contribution in [0.25, 0.3) is 6.08 Å². The van der Waals surface area contributed by atoms with Crippen LogP contribution < -0.4 is 0 Å². The van der Waals surface area contributed by atoms with Gasteiger partial charge in [0, 0.05) is 37.0 Å². The summed E-state index contributed by atoms with van der Waals surface area (Å²) in [5, 5.41) is 0.678. The molecule has 5 heteroatoms. The van der Waals surface area contributed by atoms with Gasteiger partial charge >= 0.3 is 0 Å². The summed E-state index contributed by atoms with van der Waals surface area (Å²) in [4.78, 5) is 25.8. The van der Waals surface area contributed by atoms with E-state index in [9.17, 15) is 9.59 Å². The molecule has 0 aromatic heterocycles. The number of likely N-dealkylation sites (tertiary alicyclic amines) is 1. The topological polar surface area (TPSA) is 46.6 Å². The van der Waals surface area contributed by atoms with Gasteiger partial charge in [-0.3, -0.25) is 9.59 Å². The number of rotatable bonds is 2. The van der Waals surface area contributed by atoms with Gasteiger partial charge in [-0.2, -0.15) is 0 Å². The molecule has 1 amide bonds. The van der Waals surface area contributed by atoms with Gasteiger partial charge < -0.3 is 9.64 Å². The Kier molecular flexibility index (Phi) is 4.83. The van der Waals surface area contributed by atoms with E-state index >= 15 is 0 Å². The zero-order valence-corrected chi connectivity index (χ0v) is 13.7. The van der Waals surface area contributed by atoms with Crippen LogP contribution in [0.4, 0.5) is 0 Å². The number of benzene rings is 1. The number of Topliss-reactive ketones (excluding diaryl/α,β-unsaturated/α-hetero) is 1. The van der Waals surface area contributed by atoms with Crippen molar-refractivity contribution in [1.82, 2.24) is 4.90 Å². The lowest BCUT2D eigenvalue weighted by Gasteiger charge is -2.43. The third kappa shape index (κ3) is 4.01. The number of nitrogens with zero attached hydrogens (tertiary/aromatic N) is 1. The molecule has 0 N–H and O–H groups in total. The molecular formula is C18H20ClNO3. The third-order valence-electron chi connectivity index (χ3n) is 4.58. The number of piperidine rings is 1. The zero-order valence-electron chi connectivity index (χ0n) is 13.0. The number of ether oxygens (including phenoxy) is 1. The Morgan fingerprint density at radius 3 is 2.57 bits per heavy atom. The second kappa shape index (κ2) is 6.85. The van der Waals surface area contributed by atoms with Crippen LogP contribution in [0, 0.1) is 0 Å². The average Bonchev–Trinajstić information content (AvgIpc) is 2.54. The Balaban J connectivity index is 1.55. The zero-order chi connectivity index (χ0) is 16.3. The van der Waals surface area contributed by atoms with E-state index in [1.165, 1.54) is 0 Å². The molecule has 2 saturated heterocycles. The lowest BCUT2D eigenvalue weighted by molar-refractivity contribution is -0.150. The number of halogens is 1. The van der Waals surface area contributed by atoms with Crippen LogP contribution in [0.1, 0.15) is 31.2 Å².